The average molecular weight is 240 g/mol. The van der Waals surface area contributed by atoms with Crippen molar-refractivity contribution in [1.29, 1.82) is 0 Å². The molecule has 0 fully saturated rings. The average Bonchev–Trinajstić information content (AvgIpc) is 2.31. The van der Waals surface area contributed by atoms with Crippen LogP contribution in [-0.4, -0.2) is 18.1 Å². The van der Waals surface area contributed by atoms with E-state index in [9.17, 15) is 4.79 Å². The summed E-state index contributed by atoms with van der Waals surface area (Å²) in [6.07, 6.45) is 0. The molecule has 1 amide bonds. The van der Waals surface area contributed by atoms with E-state index >= 15 is 0 Å². The molecule has 1 rings (SSSR count). The number of thiocarbonyl (C=S) groups is 1. The second kappa shape index (κ2) is 7.64. The van der Waals surface area contributed by atoms with E-state index in [0.29, 0.717) is 11.3 Å². The lowest BCUT2D eigenvalue weighted by atomic mass is 10.2. The Kier molecular flexibility index (Phi) is 6.87. The molecule has 0 aromatic heterocycles. The van der Waals surface area contributed by atoms with Crippen LogP contribution in [-0.2, 0) is 0 Å². The van der Waals surface area contributed by atoms with Gasteiger partial charge in [-0.05, 0) is 30.4 Å². The molecule has 0 spiro atoms. The quantitative estimate of drug-likeness (QED) is 0.772. The van der Waals surface area contributed by atoms with Crippen LogP contribution in [0.25, 0.3) is 0 Å². The third-order valence-electron chi connectivity index (χ3n) is 1.57. The van der Waals surface area contributed by atoms with Crippen molar-refractivity contribution in [2.24, 2.45) is 5.73 Å². The summed E-state index contributed by atoms with van der Waals surface area (Å²) in [6, 6.07) is 6.72. The molecule has 0 unspecified atom stereocenters. The zero-order valence-corrected chi connectivity index (χ0v) is 10.4. The van der Waals surface area contributed by atoms with E-state index in [1.165, 1.54) is 7.11 Å². The molecule has 1 aromatic carbocycles. The Balaban J connectivity index is 0.00000106. The van der Waals surface area contributed by atoms with Crippen molar-refractivity contribution in [1.82, 2.24) is 5.32 Å². The highest BCUT2D eigenvalue weighted by Gasteiger charge is 2.06. The van der Waals surface area contributed by atoms with Gasteiger partial charge in [0.1, 0.15) is 5.75 Å². The second-order valence-corrected chi connectivity index (χ2v) is 2.99. The molecule has 0 bridgehead atoms. The second-order valence-electron chi connectivity index (χ2n) is 2.55. The minimum Gasteiger partial charge on any atom is -0.497 e. The van der Waals surface area contributed by atoms with Crippen molar-refractivity contribution in [2.75, 3.05) is 7.11 Å². The molecule has 0 aliphatic rings. The number of nitrogens with two attached hydrogens (primary N) is 1. The fourth-order valence-electron chi connectivity index (χ4n) is 0.948. The van der Waals surface area contributed by atoms with Gasteiger partial charge in [-0.2, -0.15) is 0 Å². The number of ether oxygens (including phenoxy) is 1. The predicted octanol–water partition coefficient (Wildman–Crippen LogP) is 1.69. The predicted molar refractivity (Wildman–Crippen MR) is 68.6 cm³/mol. The number of carbonyl (C=O) groups is 1. The summed E-state index contributed by atoms with van der Waals surface area (Å²) in [5, 5.41) is 2.28. The number of amides is 1. The van der Waals surface area contributed by atoms with Gasteiger partial charge in [0.15, 0.2) is 5.11 Å². The third-order valence-corrected chi connectivity index (χ3v) is 1.67. The van der Waals surface area contributed by atoms with E-state index in [1.807, 2.05) is 13.8 Å². The van der Waals surface area contributed by atoms with Gasteiger partial charge in [0.05, 0.1) is 7.11 Å². The van der Waals surface area contributed by atoms with Crippen LogP contribution >= 0.6 is 12.2 Å². The normalized spacial score (nSPS) is 8.44. The summed E-state index contributed by atoms with van der Waals surface area (Å²) in [5.41, 5.74) is 5.63. The molecule has 16 heavy (non-hydrogen) atoms. The molecule has 0 heterocycles. The topological polar surface area (TPSA) is 64.3 Å². The summed E-state index contributed by atoms with van der Waals surface area (Å²) >= 11 is 4.55. The van der Waals surface area contributed by atoms with Crippen LogP contribution in [0.2, 0.25) is 0 Å². The zero-order valence-electron chi connectivity index (χ0n) is 9.61. The van der Waals surface area contributed by atoms with Crippen molar-refractivity contribution in [2.45, 2.75) is 13.8 Å². The third kappa shape index (κ3) is 4.75. The van der Waals surface area contributed by atoms with Crippen LogP contribution < -0.4 is 15.8 Å². The first-order valence-electron chi connectivity index (χ1n) is 4.88. The Hall–Kier alpha value is -1.62. The molecule has 0 atom stereocenters. The monoisotopic (exact) mass is 240 g/mol. The molecule has 5 heteroatoms. The SMILES string of the molecule is CC.COc1cccc(C(=O)NC(N)=S)c1. The van der Waals surface area contributed by atoms with Crippen LogP contribution in [0.3, 0.4) is 0 Å². The molecule has 0 saturated heterocycles. The van der Waals surface area contributed by atoms with Crippen molar-refractivity contribution >= 4 is 23.2 Å². The van der Waals surface area contributed by atoms with E-state index < -0.39 is 0 Å². The Labute approximate surface area is 101 Å². The molecular weight excluding hydrogens is 224 g/mol. The van der Waals surface area contributed by atoms with E-state index in [2.05, 4.69) is 17.5 Å². The van der Waals surface area contributed by atoms with Crippen molar-refractivity contribution in [3.8, 4) is 5.75 Å². The zero-order chi connectivity index (χ0) is 12.6. The molecule has 0 radical (unpaired) electrons. The maximum absolute atomic E-state index is 11.4. The maximum atomic E-state index is 11.4. The standard InChI is InChI=1S/C9H10N2O2S.C2H6/c1-13-7-4-2-3-6(5-7)8(12)11-9(10)14;1-2/h2-5H,1H3,(H3,10,11,12,14);1-2H3. The fraction of sp³-hybridized carbons (Fsp3) is 0.273. The van der Waals surface area contributed by atoms with Crippen LogP contribution in [0, 0.1) is 0 Å². The minimum absolute atomic E-state index is 0.0437. The van der Waals surface area contributed by atoms with Gasteiger partial charge >= 0.3 is 0 Å². The van der Waals surface area contributed by atoms with Gasteiger partial charge < -0.3 is 10.5 Å². The highest BCUT2D eigenvalue weighted by Crippen LogP contribution is 2.11. The summed E-state index contributed by atoms with van der Waals surface area (Å²) in [4.78, 5) is 11.4. The highest BCUT2D eigenvalue weighted by molar-refractivity contribution is 7.80. The Morgan fingerprint density at radius 3 is 2.56 bits per heavy atom. The van der Waals surface area contributed by atoms with Crippen molar-refractivity contribution in [3.05, 3.63) is 29.8 Å². The first kappa shape index (κ1) is 14.4. The Bertz CT molecular complexity index is 367. The van der Waals surface area contributed by atoms with Crippen molar-refractivity contribution in [3.63, 3.8) is 0 Å². The highest BCUT2D eigenvalue weighted by atomic mass is 32.1. The largest absolute Gasteiger partial charge is 0.497 e. The van der Waals surface area contributed by atoms with Gasteiger partial charge in [-0.3, -0.25) is 10.1 Å². The first-order valence-corrected chi connectivity index (χ1v) is 5.29. The molecule has 4 nitrogen and oxygen atoms in total. The van der Waals surface area contributed by atoms with Crippen molar-refractivity contribution < 1.29 is 9.53 Å². The lowest BCUT2D eigenvalue weighted by Gasteiger charge is -2.04. The lowest BCUT2D eigenvalue weighted by molar-refractivity contribution is 0.0977. The first-order chi connectivity index (χ1) is 7.63. The maximum Gasteiger partial charge on any atom is 0.257 e. The van der Waals surface area contributed by atoms with Gasteiger partial charge in [-0.1, -0.05) is 19.9 Å². The van der Waals surface area contributed by atoms with Crippen LogP contribution in [0.4, 0.5) is 0 Å². The molecule has 0 aliphatic heterocycles. The lowest BCUT2D eigenvalue weighted by Crippen LogP contribution is -2.34. The number of benzene rings is 1. The molecular formula is C11H16N2O2S. The number of hydrogen-bond donors (Lipinski definition) is 2. The van der Waals surface area contributed by atoms with Crippen LogP contribution in [0.5, 0.6) is 5.75 Å². The van der Waals surface area contributed by atoms with Gasteiger partial charge in [-0.25, -0.2) is 0 Å². The van der Waals surface area contributed by atoms with Gasteiger partial charge in [-0.15, -0.1) is 0 Å². The van der Waals surface area contributed by atoms with Gasteiger partial charge in [0.25, 0.3) is 5.91 Å². The van der Waals surface area contributed by atoms with E-state index in [1.54, 1.807) is 24.3 Å². The smallest absolute Gasteiger partial charge is 0.257 e. The minimum atomic E-state index is -0.337. The Morgan fingerprint density at radius 2 is 2.06 bits per heavy atom. The summed E-state index contributed by atoms with van der Waals surface area (Å²) in [7, 11) is 1.53. The number of rotatable bonds is 2. The fourth-order valence-corrected chi connectivity index (χ4v) is 1.04. The summed E-state index contributed by atoms with van der Waals surface area (Å²) in [6.45, 7) is 4.00. The van der Waals surface area contributed by atoms with Crippen LogP contribution in [0.15, 0.2) is 24.3 Å². The van der Waals surface area contributed by atoms with E-state index in [4.69, 9.17) is 10.5 Å². The van der Waals surface area contributed by atoms with E-state index in [-0.39, 0.29) is 11.0 Å². The summed E-state index contributed by atoms with van der Waals surface area (Å²) < 4.78 is 4.97. The van der Waals surface area contributed by atoms with Gasteiger partial charge in [0, 0.05) is 5.56 Å². The molecule has 1 aromatic rings. The molecule has 88 valence electrons. The number of carbonyl (C=O) groups excluding carboxylic acids is 1. The molecule has 0 aliphatic carbocycles. The summed E-state index contributed by atoms with van der Waals surface area (Å²) in [5.74, 6) is 0.275. The number of methoxy groups -OCH3 is 1. The number of nitrogens with one attached hydrogen (secondary N) is 1. The number of hydrogen-bond acceptors (Lipinski definition) is 3. The van der Waals surface area contributed by atoms with E-state index in [0.717, 1.165) is 0 Å². The Morgan fingerprint density at radius 1 is 1.44 bits per heavy atom. The van der Waals surface area contributed by atoms with Crippen LogP contribution in [0.1, 0.15) is 24.2 Å². The molecule has 3 N–H and O–H groups in total. The van der Waals surface area contributed by atoms with Gasteiger partial charge in [0.2, 0.25) is 0 Å². The molecule has 0 saturated carbocycles.